The second kappa shape index (κ2) is 3.44. The van der Waals surface area contributed by atoms with E-state index in [4.69, 9.17) is 0 Å². The first-order valence-corrected chi connectivity index (χ1v) is 4.51. The van der Waals surface area contributed by atoms with Crippen molar-refractivity contribution in [2.45, 2.75) is 12.5 Å². The summed E-state index contributed by atoms with van der Waals surface area (Å²) in [6.07, 6.45) is 3.44. The van der Waals surface area contributed by atoms with Crippen LogP contribution in [0, 0.1) is 0 Å². The van der Waals surface area contributed by atoms with E-state index in [1.807, 2.05) is 19.0 Å². The average Bonchev–Trinajstić information content (AvgIpc) is 2.34. The van der Waals surface area contributed by atoms with Gasteiger partial charge in [0, 0.05) is 19.1 Å². The second-order valence-corrected chi connectivity index (χ2v) is 3.23. The first kappa shape index (κ1) is 7.38. The van der Waals surface area contributed by atoms with Crippen LogP contribution in [0.5, 0.6) is 0 Å². The molecule has 0 spiro atoms. The Morgan fingerprint density at radius 1 is 1.67 bits per heavy atom. The van der Waals surface area contributed by atoms with Gasteiger partial charge in [0.25, 0.3) is 0 Å². The van der Waals surface area contributed by atoms with Crippen molar-refractivity contribution in [2.75, 3.05) is 26.4 Å². The largest absolute Gasteiger partial charge is 0.316 e. The molecule has 0 radical (unpaired) electrons. The molecule has 0 saturated carbocycles. The van der Waals surface area contributed by atoms with Crippen LogP contribution in [-0.2, 0) is 0 Å². The number of hydrogen-bond donors (Lipinski definition) is 1. The van der Waals surface area contributed by atoms with E-state index in [9.17, 15) is 0 Å². The second-order valence-electron chi connectivity index (χ2n) is 2.34. The van der Waals surface area contributed by atoms with Crippen LogP contribution in [-0.4, -0.2) is 36.7 Å². The van der Waals surface area contributed by atoms with E-state index in [-0.39, 0.29) is 0 Å². The predicted octanol–water partition coefficient (Wildman–Crippen LogP) is 0.558. The normalized spacial score (nSPS) is 29.3. The van der Waals surface area contributed by atoms with Gasteiger partial charge in [-0.15, -0.1) is 0 Å². The molecular formula is C6H14N2S. The number of rotatable bonds is 2. The highest BCUT2D eigenvalue weighted by atomic mass is 32.2. The van der Waals surface area contributed by atoms with Gasteiger partial charge in [-0.1, -0.05) is 11.9 Å². The lowest BCUT2D eigenvalue weighted by atomic mass is 10.3. The van der Waals surface area contributed by atoms with Crippen molar-refractivity contribution in [1.29, 1.82) is 0 Å². The predicted molar refractivity (Wildman–Crippen MR) is 42.6 cm³/mol. The third-order valence-electron chi connectivity index (χ3n) is 1.82. The van der Waals surface area contributed by atoms with Crippen LogP contribution in [0.25, 0.3) is 0 Å². The maximum absolute atomic E-state index is 3.27. The van der Waals surface area contributed by atoms with Crippen LogP contribution in [0.4, 0.5) is 0 Å². The van der Waals surface area contributed by atoms with Crippen molar-refractivity contribution in [3.8, 4) is 0 Å². The molecule has 1 atom stereocenters. The van der Waals surface area contributed by atoms with E-state index in [2.05, 4.69) is 15.9 Å². The van der Waals surface area contributed by atoms with Gasteiger partial charge >= 0.3 is 0 Å². The minimum Gasteiger partial charge on any atom is -0.316 e. The van der Waals surface area contributed by atoms with Crippen molar-refractivity contribution >= 4 is 11.9 Å². The van der Waals surface area contributed by atoms with E-state index in [0.29, 0.717) is 0 Å². The fraction of sp³-hybridized carbons (Fsp3) is 1.00. The van der Waals surface area contributed by atoms with Crippen LogP contribution in [0.15, 0.2) is 0 Å². The molecular weight excluding hydrogens is 132 g/mol. The zero-order valence-electron chi connectivity index (χ0n) is 6.05. The Morgan fingerprint density at radius 2 is 2.44 bits per heavy atom. The Labute approximate surface area is 61.1 Å². The van der Waals surface area contributed by atoms with Gasteiger partial charge in [-0.3, -0.25) is 0 Å². The quantitative estimate of drug-likeness (QED) is 0.573. The number of nitrogens with one attached hydrogen (secondary N) is 1. The maximum atomic E-state index is 3.27. The number of nitrogens with zero attached hydrogens (tertiary/aromatic N) is 1. The molecule has 0 aromatic heterocycles. The molecule has 2 nitrogen and oxygen atoms in total. The summed E-state index contributed by atoms with van der Waals surface area (Å²) in [5.74, 6) is 0. The molecule has 1 fully saturated rings. The standard InChI is InChI=1S/C6H14N2S/c1-7-6-3-4-8(5-6)9-2/h6-7H,3-5H2,1-2H3/t6-/m0/s1. The summed E-state index contributed by atoms with van der Waals surface area (Å²) >= 11 is 1.84. The molecule has 3 heteroatoms. The molecule has 0 aliphatic carbocycles. The first-order valence-electron chi connectivity index (χ1n) is 3.33. The molecule has 1 aliphatic heterocycles. The molecule has 0 aromatic rings. The molecule has 0 bridgehead atoms. The van der Waals surface area contributed by atoms with Gasteiger partial charge in [0.1, 0.15) is 0 Å². The molecule has 0 aromatic carbocycles. The summed E-state index contributed by atoms with van der Waals surface area (Å²) in [6, 6.07) is 0.734. The molecule has 1 saturated heterocycles. The lowest BCUT2D eigenvalue weighted by molar-refractivity contribution is 0.544. The lowest BCUT2D eigenvalue weighted by Crippen LogP contribution is -2.26. The molecule has 9 heavy (non-hydrogen) atoms. The van der Waals surface area contributed by atoms with E-state index in [1.165, 1.54) is 19.5 Å². The summed E-state index contributed by atoms with van der Waals surface area (Å²) in [5.41, 5.74) is 0. The molecule has 1 N–H and O–H groups in total. The van der Waals surface area contributed by atoms with Crippen LogP contribution in [0.3, 0.4) is 0 Å². The van der Waals surface area contributed by atoms with Gasteiger partial charge < -0.3 is 5.32 Å². The minimum absolute atomic E-state index is 0.734. The first-order chi connectivity index (χ1) is 4.36. The van der Waals surface area contributed by atoms with E-state index >= 15 is 0 Å². The fourth-order valence-corrected chi connectivity index (χ4v) is 1.75. The molecule has 1 rings (SSSR count). The van der Waals surface area contributed by atoms with Gasteiger partial charge in [-0.05, 0) is 19.7 Å². The summed E-state index contributed by atoms with van der Waals surface area (Å²) in [5, 5.41) is 3.27. The highest BCUT2D eigenvalue weighted by Crippen LogP contribution is 2.15. The highest BCUT2D eigenvalue weighted by Gasteiger charge is 2.19. The van der Waals surface area contributed by atoms with Gasteiger partial charge in [-0.25, -0.2) is 4.31 Å². The molecule has 0 amide bonds. The van der Waals surface area contributed by atoms with Crippen molar-refractivity contribution < 1.29 is 0 Å². The van der Waals surface area contributed by atoms with Crippen molar-refractivity contribution in [3.63, 3.8) is 0 Å². The molecule has 1 aliphatic rings. The Kier molecular flexibility index (Phi) is 2.82. The van der Waals surface area contributed by atoms with Gasteiger partial charge in [0.15, 0.2) is 0 Å². The summed E-state index contributed by atoms with van der Waals surface area (Å²) < 4.78 is 2.39. The van der Waals surface area contributed by atoms with Crippen molar-refractivity contribution in [3.05, 3.63) is 0 Å². The SMILES string of the molecule is CN[C@H]1CCN(SC)C1. The number of likely N-dealkylation sites (N-methyl/N-ethyl adjacent to an activating group) is 1. The van der Waals surface area contributed by atoms with Gasteiger partial charge in [0.05, 0.1) is 0 Å². The van der Waals surface area contributed by atoms with Crippen molar-refractivity contribution in [1.82, 2.24) is 9.62 Å². The van der Waals surface area contributed by atoms with Crippen LogP contribution >= 0.6 is 11.9 Å². The summed E-state index contributed by atoms with van der Waals surface area (Å²) in [7, 11) is 2.04. The topological polar surface area (TPSA) is 15.3 Å². The molecule has 0 unspecified atom stereocenters. The Hall–Kier alpha value is 0.270. The zero-order valence-corrected chi connectivity index (χ0v) is 6.87. The third kappa shape index (κ3) is 1.85. The lowest BCUT2D eigenvalue weighted by Gasteiger charge is -2.10. The zero-order chi connectivity index (χ0) is 6.69. The molecule has 1 heterocycles. The van der Waals surface area contributed by atoms with Gasteiger partial charge in [0.2, 0.25) is 0 Å². The Morgan fingerprint density at radius 3 is 2.78 bits per heavy atom. The van der Waals surface area contributed by atoms with E-state index in [0.717, 1.165) is 6.04 Å². The Balaban J connectivity index is 2.20. The van der Waals surface area contributed by atoms with Gasteiger partial charge in [-0.2, -0.15) is 0 Å². The highest BCUT2D eigenvalue weighted by molar-refractivity contribution is 7.96. The van der Waals surface area contributed by atoms with Crippen LogP contribution < -0.4 is 5.32 Å². The maximum Gasteiger partial charge on any atom is 0.0244 e. The monoisotopic (exact) mass is 146 g/mol. The van der Waals surface area contributed by atoms with E-state index < -0.39 is 0 Å². The smallest absolute Gasteiger partial charge is 0.0244 e. The molecule has 54 valence electrons. The minimum atomic E-state index is 0.734. The fourth-order valence-electron chi connectivity index (χ4n) is 1.13. The summed E-state index contributed by atoms with van der Waals surface area (Å²) in [4.78, 5) is 0. The third-order valence-corrected chi connectivity index (χ3v) is 2.67. The van der Waals surface area contributed by atoms with Crippen LogP contribution in [0.2, 0.25) is 0 Å². The van der Waals surface area contributed by atoms with E-state index in [1.54, 1.807) is 0 Å². The summed E-state index contributed by atoms with van der Waals surface area (Å²) in [6.45, 7) is 2.45. The average molecular weight is 146 g/mol. The van der Waals surface area contributed by atoms with Crippen LogP contribution in [0.1, 0.15) is 6.42 Å². The number of hydrogen-bond acceptors (Lipinski definition) is 3. The Bertz CT molecular complexity index is 77.1. The van der Waals surface area contributed by atoms with Crippen molar-refractivity contribution in [2.24, 2.45) is 0 Å².